The fourth-order valence-corrected chi connectivity index (χ4v) is 3.89. The molecule has 0 radical (unpaired) electrons. The molecule has 35 heavy (non-hydrogen) atoms. The van der Waals surface area contributed by atoms with Gasteiger partial charge in [-0.15, -0.1) is 0 Å². The number of hydrogen-bond donors (Lipinski definition) is 2. The zero-order valence-corrected chi connectivity index (χ0v) is 19.1. The van der Waals surface area contributed by atoms with Crippen LogP contribution < -0.4 is 10.1 Å². The van der Waals surface area contributed by atoms with Gasteiger partial charge in [0.1, 0.15) is 23.1 Å². The number of pyridine rings is 3. The Bertz CT molecular complexity index is 1460. The molecule has 1 amide bonds. The smallest absolute Gasteiger partial charge is 0.255 e. The predicted octanol–water partition coefficient (Wildman–Crippen LogP) is 2.68. The van der Waals surface area contributed by atoms with Crippen LogP contribution in [0.25, 0.3) is 11.2 Å². The average Bonchev–Trinajstić information content (AvgIpc) is 3.46. The zero-order chi connectivity index (χ0) is 24.5. The van der Waals surface area contributed by atoms with Gasteiger partial charge in [0.25, 0.3) is 5.91 Å². The molecule has 1 saturated heterocycles. The lowest BCUT2D eigenvalue weighted by atomic mass is 10.2. The number of aryl methyl sites for hydroxylation is 2. The number of nitrogens with zero attached hydrogens (tertiary/aromatic N) is 7. The van der Waals surface area contributed by atoms with Gasteiger partial charge >= 0.3 is 0 Å². The molecule has 176 valence electrons. The Balaban J connectivity index is 1.41. The van der Waals surface area contributed by atoms with E-state index in [4.69, 9.17) is 10.00 Å². The Hall–Kier alpha value is -4.56. The van der Waals surface area contributed by atoms with Crippen molar-refractivity contribution in [2.24, 2.45) is 7.05 Å². The van der Waals surface area contributed by atoms with Crippen molar-refractivity contribution in [3.8, 4) is 17.7 Å². The lowest BCUT2D eigenvalue weighted by molar-refractivity contribution is 0.0764. The molecule has 1 fully saturated rings. The van der Waals surface area contributed by atoms with Crippen LogP contribution >= 0.6 is 0 Å². The minimum atomic E-state index is -0.472. The van der Waals surface area contributed by atoms with Gasteiger partial charge in [0.15, 0.2) is 11.4 Å². The summed E-state index contributed by atoms with van der Waals surface area (Å²) in [5, 5.41) is 22.0. The number of amides is 1. The molecule has 0 saturated carbocycles. The molecule has 2 N–H and O–H groups in total. The van der Waals surface area contributed by atoms with Gasteiger partial charge in [-0.1, -0.05) is 0 Å². The Morgan fingerprint density at radius 2 is 2.11 bits per heavy atom. The van der Waals surface area contributed by atoms with Crippen molar-refractivity contribution in [3.05, 3.63) is 59.8 Å². The van der Waals surface area contributed by atoms with Crippen molar-refractivity contribution in [1.29, 1.82) is 5.26 Å². The highest BCUT2D eigenvalue weighted by molar-refractivity contribution is 5.94. The zero-order valence-electron chi connectivity index (χ0n) is 19.1. The summed E-state index contributed by atoms with van der Waals surface area (Å²) in [6.07, 6.45) is 4.77. The molecule has 0 unspecified atom stereocenters. The molecular weight excluding hydrogens is 448 g/mol. The van der Waals surface area contributed by atoms with E-state index in [1.165, 1.54) is 12.4 Å². The number of aromatic nitrogens is 5. The second-order valence-corrected chi connectivity index (χ2v) is 8.34. The van der Waals surface area contributed by atoms with E-state index in [0.717, 1.165) is 5.56 Å². The first-order valence-corrected chi connectivity index (χ1v) is 11.0. The van der Waals surface area contributed by atoms with Gasteiger partial charge in [-0.2, -0.15) is 10.2 Å². The summed E-state index contributed by atoms with van der Waals surface area (Å²) < 4.78 is 7.76. The molecule has 0 aliphatic carbocycles. The number of nitrogens with one attached hydrogen (secondary N) is 1. The standard InChI is InChI=1S/C24H22N8O3/c1-14-7-16(9-25)26-11-19(14)35-21-8-18(22-23(30-21)31(2)13-28-22)29-20-4-3-15(10-27-20)24(34)32-6-5-17(33)12-32/h3-4,7-8,10-11,13,17,33H,5-6,12H2,1-2H3,(H,27,29,30)/t17-/m0/s1. The number of aliphatic hydroxyl groups excluding tert-OH is 1. The summed E-state index contributed by atoms with van der Waals surface area (Å²) in [7, 11) is 1.83. The lowest BCUT2D eigenvalue weighted by Gasteiger charge is -2.15. The van der Waals surface area contributed by atoms with Crippen molar-refractivity contribution in [1.82, 2.24) is 29.4 Å². The lowest BCUT2D eigenvalue weighted by Crippen LogP contribution is -2.29. The number of β-amino-alcohol motifs (C(OH)–C–C–N with tert-alkyl or cyclic N) is 1. The van der Waals surface area contributed by atoms with Crippen LogP contribution in [-0.2, 0) is 7.05 Å². The number of hydrogen-bond acceptors (Lipinski definition) is 9. The second kappa shape index (κ2) is 9.00. The fourth-order valence-electron chi connectivity index (χ4n) is 3.89. The average molecular weight is 470 g/mol. The molecule has 1 atom stereocenters. The molecule has 4 aromatic rings. The number of likely N-dealkylation sites (tertiary alicyclic amines) is 1. The number of fused-ring (bicyclic) bond motifs is 1. The normalized spacial score (nSPS) is 15.3. The van der Waals surface area contributed by atoms with Crippen molar-refractivity contribution >= 4 is 28.6 Å². The third-order valence-electron chi connectivity index (χ3n) is 5.76. The van der Waals surface area contributed by atoms with Crippen LogP contribution in [0.15, 0.2) is 43.0 Å². The van der Waals surface area contributed by atoms with Gasteiger partial charge in [-0.25, -0.2) is 15.0 Å². The summed E-state index contributed by atoms with van der Waals surface area (Å²) in [6.45, 7) is 2.70. The topological polar surface area (TPSA) is 142 Å². The number of anilines is 2. The van der Waals surface area contributed by atoms with E-state index < -0.39 is 6.10 Å². The van der Waals surface area contributed by atoms with E-state index >= 15 is 0 Å². The number of carbonyl (C=O) groups is 1. The van der Waals surface area contributed by atoms with Gasteiger partial charge in [0, 0.05) is 32.4 Å². The third-order valence-corrected chi connectivity index (χ3v) is 5.76. The Morgan fingerprint density at radius 3 is 2.80 bits per heavy atom. The Labute approximate surface area is 200 Å². The second-order valence-electron chi connectivity index (χ2n) is 8.34. The molecule has 0 aromatic carbocycles. The molecule has 1 aliphatic heterocycles. The maximum Gasteiger partial charge on any atom is 0.255 e. The third kappa shape index (κ3) is 4.47. The number of imidazole rings is 1. The SMILES string of the molecule is Cc1cc(C#N)ncc1Oc1cc(Nc2ccc(C(=O)N3CC[C@H](O)C3)cn2)c2ncn(C)c2n1. The molecule has 1 aliphatic rings. The van der Waals surface area contributed by atoms with E-state index in [0.29, 0.717) is 65.1 Å². The number of aliphatic hydroxyl groups is 1. The van der Waals surface area contributed by atoms with Crippen LogP contribution in [0.4, 0.5) is 11.5 Å². The van der Waals surface area contributed by atoms with E-state index in [2.05, 4.69) is 25.3 Å². The van der Waals surface area contributed by atoms with E-state index in [1.54, 1.807) is 40.1 Å². The van der Waals surface area contributed by atoms with E-state index in [9.17, 15) is 9.90 Å². The van der Waals surface area contributed by atoms with Crippen LogP contribution in [-0.4, -0.2) is 59.6 Å². The number of rotatable bonds is 5. The van der Waals surface area contributed by atoms with Crippen molar-refractivity contribution in [2.45, 2.75) is 19.4 Å². The largest absolute Gasteiger partial charge is 0.437 e. The van der Waals surface area contributed by atoms with Gasteiger partial charge in [-0.05, 0) is 37.1 Å². The summed E-state index contributed by atoms with van der Waals surface area (Å²) in [5.74, 6) is 1.16. The Morgan fingerprint density at radius 1 is 1.26 bits per heavy atom. The number of carbonyl (C=O) groups excluding carboxylic acids is 1. The molecular formula is C24H22N8O3. The van der Waals surface area contributed by atoms with Crippen molar-refractivity contribution in [3.63, 3.8) is 0 Å². The predicted molar refractivity (Wildman–Crippen MR) is 126 cm³/mol. The first-order valence-electron chi connectivity index (χ1n) is 11.0. The first-order chi connectivity index (χ1) is 16.9. The summed E-state index contributed by atoms with van der Waals surface area (Å²) in [5.41, 5.74) is 3.37. The van der Waals surface area contributed by atoms with E-state index in [1.807, 2.05) is 20.0 Å². The monoisotopic (exact) mass is 470 g/mol. The molecule has 5 heterocycles. The van der Waals surface area contributed by atoms with Crippen molar-refractivity contribution < 1.29 is 14.6 Å². The highest BCUT2D eigenvalue weighted by atomic mass is 16.5. The quantitative estimate of drug-likeness (QED) is 0.450. The minimum absolute atomic E-state index is 0.154. The summed E-state index contributed by atoms with van der Waals surface area (Å²) >= 11 is 0. The van der Waals surface area contributed by atoms with Gasteiger partial charge < -0.3 is 24.6 Å². The van der Waals surface area contributed by atoms with Crippen molar-refractivity contribution in [2.75, 3.05) is 18.4 Å². The first kappa shape index (κ1) is 22.2. The summed E-state index contributed by atoms with van der Waals surface area (Å²) in [4.78, 5) is 31.7. The van der Waals surface area contributed by atoms with Crippen LogP contribution in [0.2, 0.25) is 0 Å². The van der Waals surface area contributed by atoms with Crippen LogP contribution in [0.1, 0.15) is 28.0 Å². The van der Waals surface area contributed by atoms with Crippen LogP contribution in [0.5, 0.6) is 11.6 Å². The number of ether oxygens (including phenoxy) is 1. The highest BCUT2D eigenvalue weighted by Crippen LogP contribution is 2.31. The highest BCUT2D eigenvalue weighted by Gasteiger charge is 2.25. The maximum absolute atomic E-state index is 12.6. The molecule has 4 aromatic heterocycles. The van der Waals surface area contributed by atoms with E-state index in [-0.39, 0.29) is 5.91 Å². The van der Waals surface area contributed by atoms with Gasteiger partial charge in [-0.3, -0.25) is 4.79 Å². The maximum atomic E-state index is 12.6. The molecule has 11 heteroatoms. The molecule has 11 nitrogen and oxygen atoms in total. The fraction of sp³-hybridized carbons (Fsp3) is 0.250. The molecule has 0 spiro atoms. The minimum Gasteiger partial charge on any atom is -0.437 e. The van der Waals surface area contributed by atoms with Gasteiger partial charge in [0.05, 0.1) is 29.9 Å². The molecule has 5 rings (SSSR count). The Kier molecular flexibility index (Phi) is 5.72. The number of nitriles is 1. The van der Waals surface area contributed by atoms with Gasteiger partial charge in [0.2, 0.25) is 5.88 Å². The van der Waals surface area contributed by atoms with Crippen LogP contribution in [0, 0.1) is 18.3 Å². The summed E-state index contributed by atoms with van der Waals surface area (Å²) in [6, 6.07) is 8.77. The van der Waals surface area contributed by atoms with Crippen LogP contribution in [0.3, 0.4) is 0 Å². The molecule has 0 bridgehead atoms.